The van der Waals surface area contributed by atoms with Gasteiger partial charge in [-0.2, -0.15) is 0 Å². The Balaban J connectivity index is 2.45. The van der Waals surface area contributed by atoms with Gasteiger partial charge in [-0.1, -0.05) is 52.4 Å². The summed E-state index contributed by atoms with van der Waals surface area (Å²) in [5.74, 6) is 0.287. The highest BCUT2D eigenvalue weighted by atomic mass is 35.5. The van der Waals surface area contributed by atoms with Crippen molar-refractivity contribution in [3.8, 4) is 0 Å². The number of amides is 1. The minimum atomic E-state index is -0.357. The van der Waals surface area contributed by atoms with E-state index in [9.17, 15) is 14.7 Å². The van der Waals surface area contributed by atoms with Crippen molar-refractivity contribution in [2.45, 2.75) is 110 Å². The summed E-state index contributed by atoms with van der Waals surface area (Å²) in [6.45, 7) is 9.94. The van der Waals surface area contributed by atoms with E-state index in [2.05, 4.69) is 33.3 Å². The summed E-state index contributed by atoms with van der Waals surface area (Å²) in [4.78, 5) is 28.2. The maximum Gasteiger partial charge on any atom is 0.324 e. The number of hydrogen-bond acceptors (Lipinski definition) is 6. The number of aliphatic hydroxyl groups excluding tert-OH is 1. The van der Waals surface area contributed by atoms with E-state index in [1.165, 1.54) is 38.5 Å². The van der Waals surface area contributed by atoms with Crippen molar-refractivity contribution in [2.75, 3.05) is 45.9 Å². The Hall–Kier alpha value is -0.890. The van der Waals surface area contributed by atoms with Crippen LogP contribution in [0.2, 0.25) is 0 Å². The Morgan fingerprint density at radius 1 is 0.886 bits per heavy atom. The van der Waals surface area contributed by atoms with Crippen molar-refractivity contribution in [3.63, 3.8) is 0 Å². The Labute approximate surface area is 219 Å². The summed E-state index contributed by atoms with van der Waals surface area (Å²) < 4.78 is 4.22. The Bertz CT molecular complexity index is 543. The summed E-state index contributed by atoms with van der Waals surface area (Å²) in [5.41, 5.74) is 0. The number of carbonyl (C=O) groups is 2. The fourth-order valence-electron chi connectivity index (χ4n) is 4.86. The van der Waals surface area contributed by atoms with Gasteiger partial charge in [0, 0.05) is 45.1 Å². The second-order valence-corrected chi connectivity index (χ2v) is 10.7. The molecule has 0 aromatic carbocycles. The Kier molecular flexibility index (Phi) is 19.5. The zero-order valence-corrected chi connectivity index (χ0v) is 23.2. The van der Waals surface area contributed by atoms with Crippen LogP contribution in [0.15, 0.2) is 0 Å². The van der Waals surface area contributed by atoms with Crippen molar-refractivity contribution in [1.82, 2.24) is 15.1 Å². The molecular weight excluding hydrogens is 466 g/mol. The van der Waals surface area contributed by atoms with Gasteiger partial charge < -0.3 is 19.6 Å². The van der Waals surface area contributed by atoms with Crippen LogP contribution < -0.4 is 5.32 Å². The lowest BCUT2D eigenvalue weighted by atomic mass is 10.1. The van der Waals surface area contributed by atoms with E-state index in [-0.39, 0.29) is 18.5 Å². The molecule has 1 fully saturated rings. The fraction of sp³-hybridized carbons (Fsp3) is 0.926. The number of nitrogens with one attached hydrogen (secondary N) is 1. The largest absolute Gasteiger partial charge is 0.395 e. The molecule has 0 aromatic rings. The molecule has 7 nitrogen and oxygen atoms in total. The lowest BCUT2D eigenvalue weighted by molar-refractivity contribution is -0.134. The Morgan fingerprint density at radius 3 is 2.09 bits per heavy atom. The zero-order valence-electron chi connectivity index (χ0n) is 22.4. The van der Waals surface area contributed by atoms with E-state index in [1.54, 1.807) is 0 Å². The number of aliphatic hydroxyl groups is 1. The molecule has 0 heterocycles. The first kappa shape index (κ1) is 32.1. The summed E-state index contributed by atoms with van der Waals surface area (Å²) in [7, 11) is 0. The second kappa shape index (κ2) is 21.2. The smallest absolute Gasteiger partial charge is 0.324 e. The van der Waals surface area contributed by atoms with Crippen LogP contribution in [0.4, 0.5) is 0 Å². The topological polar surface area (TPSA) is 82.1 Å². The van der Waals surface area contributed by atoms with Gasteiger partial charge in [0.1, 0.15) is 11.9 Å². The molecule has 1 amide bonds. The molecule has 1 rings (SSSR count). The van der Waals surface area contributed by atoms with E-state index in [0.29, 0.717) is 24.8 Å². The predicted octanol–water partition coefficient (Wildman–Crippen LogP) is 4.90. The van der Waals surface area contributed by atoms with Gasteiger partial charge in [0.15, 0.2) is 0 Å². The Morgan fingerprint density at radius 2 is 1.51 bits per heavy atom. The number of hydrogen-bond donors (Lipinski definition) is 2. The van der Waals surface area contributed by atoms with Crippen LogP contribution in [-0.2, 0) is 13.9 Å². The molecule has 1 aliphatic carbocycles. The van der Waals surface area contributed by atoms with Crippen molar-refractivity contribution >= 4 is 23.7 Å². The van der Waals surface area contributed by atoms with E-state index >= 15 is 0 Å². The highest BCUT2D eigenvalue weighted by Gasteiger charge is 2.20. The number of unbranched alkanes of at least 4 members (excludes halogenated alkanes) is 4. The van der Waals surface area contributed by atoms with Crippen LogP contribution in [0.5, 0.6) is 0 Å². The van der Waals surface area contributed by atoms with Crippen LogP contribution in [0.1, 0.15) is 104 Å². The summed E-state index contributed by atoms with van der Waals surface area (Å²) in [6, 6.07) is 0.595. The van der Waals surface area contributed by atoms with Gasteiger partial charge in [-0.3, -0.25) is 14.5 Å². The highest BCUT2D eigenvalue weighted by Crippen LogP contribution is 2.22. The molecule has 0 aromatic heterocycles. The van der Waals surface area contributed by atoms with Crippen LogP contribution in [0.25, 0.3) is 0 Å². The number of rotatable bonds is 20. The number of carbonyl (C=O) groups excluding carboxylic acids is 2. The summed E-state index contributed by atoms with van der Waals surface area (Å²) in [5, 5.41) is 12.6. The predicted molar refractivity (Wildman–Crippen MR) is 143 cm³/mol. The SMILES string of the molecule is CC(C)CNC(=O)CCCCCN(CCCCCC(=O)OCl)CCN(CCO)C1CCCCCC1. The maximum absolute atomic E-state index is 11.9. The van der Waals surface area contributed by atoms with Gasteiger partial charge in [0.05, 0.1) is 6.61 Å². The molecule has 0 unspecified atom stereocenters. The highest BCUT2D eigenvalue weighted by molar-refractivity contribution is 6.13. The molecule has 0 bridgehead atoms. The molecule has 8 heteroatoms. The fourth-order valence-corrected chi connectivity index (χ4v) is 4.93. The van der Waals surface area contributed by atoms with Crippen LogP contribution in [0.3, 0.4) is 0 Å². The molecule has 1 saturated carbocycles. The third-order valence-corrected chi connectivity index (χ3v) is 7.13. The minimum Gasteiger partial charge on any atom is -0.395 e. The number of nitrogens with zero attached hydrogens (tertiary/aromatic N) is 2. The second-order valence-electron chi connectivity index (χ2n) is 10.5. The van der Waals surface area contributed by atoms with E-state index in [0.717, 1.165) is 77.8 Å². The average Bonchev–Trinajstić information content (AvgIpc) is 3.13. The molecule has 0 saturated heterocycles. The van der Waals surface area contributed by atoms with Gasteiger partial charge in [0.25, 0.3) is 0 Å². The molecule has 0 aliphatic heterocycles. The monoisotopic (exact) mass is 517 g/mol. The third-order valence-electron chi connectivity index (χ3n) is 6.96. The van der Waals surface area contributed by atoms with Crippen LogP contribution in [0, 0.1) is 5.92 Å². The normalized spacial score (nSPS) is 15.1. The first-order chi connectivity index (χ1) is 17.0. The molecule has 0 atom stereocenters. The van der Waals surface area contributed by atoms with E-state index in [4.69, 9.17) is 11.9 Å². The lowest BCUT2D eigenvalue weighted by Crippen LogP contribution is -2.43. The van der Waals surface area contributed by atoms with E-state index < -0.39 is 0 Å². The van der Waals surface area contributed by atoms with Crippen LogP contribution in [-0.4, -0.2) is 78.7 Å². The zero-order chi connectivity index (χ0) is 25.7. The summed E-state index contributed by atoms with van der Waals surface area (Å²) in [6.07, 6.45) is 14.6. The van der Waals surface area contributed by atoms with Crippen molar-refractivity contribution < 1.29 is 19.0 Å². The van der Waals surface area contributed by atoms with Gasteiger partial charge in [-0.05, 0) is 57.5 Å². The third kappa shape index (κ3) is 17.2. The van der Waals surface area contributed by atoms with Crippen molar-refractivity contribution in [1.29, 1.82) is 0 Å². The standard InChI is InChI=1S/C27H52ClN3O4/c1-24(2)23-29-26(33)15-9-5-11-17-30(18-12-6-10-16-27(34)35-28)19-20-31(21-22-32)25-13-7-3-4-8-14-25/h24-25,32H,3-23H2,1-2H3,(H,29,33). The molecule has 0 radical (unpaired) electrons. The molecule has 206 valence electrons. The molecule has 1 aliphatic rings. The van der Waals surface area contributed by atoms with Gasteiger partial charge in [-0.25, -0.2) is 0 Å². The average molecular weight is 518 g/mol. The quantitative estimate of drug-likeness (QED) is 0.177. The van der Waals surface area contributed by atoms with Gasteiger partial charge >= 0.3 is 5.97 Å². The summed E-state index contributed by atoms with van der Waals surface area (Å²) >= 11 is 5.11. The van der Waals surface area contributed by atoms with Crippen molar-refractivity contribution in [3.05, 3.63) is 0 Å². The van der Waals surface area contributed by atoms with E-state index in [1.807, 2.05) is 0 Å². The maximum atomic E-state index is 11.9. The molecule has 35 heavy (non-hydrogen) atoms. The van der Waals surface area contributed by atoms with Crippen molar-refractivity contribution in [2.24, 2.45) is 5.92 Å². The molecule has 2 N–H and O–H groups in total. The first-order valence-electron chi connectivity index (χ1n) is 14.1. The lowest BCUT2D eigenvalue weighted by Gasteiger charge is -2.33. The minimum absolute atomic E-state index is 0.161. The van der Waals surface area contributed by atoms with Gasteiger partial charge in [-0.15, -0.1) is 0 Å². The first-order valence-corrected chi connectivity index (χ1v) is 14.4. The molecule has 0 spiro atoms. The van der Waals surface area contributed by atoms with Crippen LogP contribution >= 0.6 is 11.9 Å². The van der Waals surface area contributed by atoms with Gasteiger partial charge in [0.2, 0.25) is 5.91 Å². The number of halogens is 1. The molecular formula is C27H52ClN3O4.